The molecule has 0 aliphatic heterocycles. The maximum absolute atomic E-state index is 13.5. The van der Waals surface area contributed by atoms with Gasteiger partial charge < -0.3 is 20.5 Å². The molecule has 6 heteroatoms. The molecule has 0 bridgehead atoms. The van der Waals surface area contributed by atoms with Gasteiger partial charge in [-0.3, -0.25) is 0 Å². The number of benzene rings is 1. The van der Waals surface area contributed by atoms with Crippen LogP contribution in [0.15, 0.2) is 12.1 Å². The Hall–Kier alpha value is -1.82. The fourth-order valence-corrected chi connectivity index (χ4v) is 1.86. The van der Waals surface area contributed by atoms with Crippen molar-refractivity contribution in [2.24, 2.45) is 0 Å². The van der Waals surface area contributed by atoms with Gasteiger partial charge in [-0.2, -0.15) is 0 Å². The molecule has 0 spiro atoms. The SMILES string of the molecule is CN(CCOc1cc(F)c(C(=O)O)cc1N)C1CC1. The highest BCUT2D eigenvalue weighted by molar-refractivity contribution is 5.89. The van der Waals surface area contributed by atoms with E-state index >= 15 is 0 Å². The van der Waals surface area contributed by atoms with Crippen molar-refractivity contribution in [1.82, 2.24) is 4.90 Å². The average molecular weight is 268 g/mol. The van der Waals surface area contributed by atoms with Crippen molar-refractivity contribution in [3.63, 3.8) is 0 Å². The molecule has 1 aromatic carbocycles. The maximum atomic E-state index is 13.5. The van der Waals surface area contributed by atoms with Crippen LogP contribution in [0.4, 0.5) is 10.1 Å². The second-order valence-electron chi connectivity index (χ2n) is 4.74. The van der Waals surface area contributed by atoms with E-state index < -0.39 is 17.3 Å². The van der Waals surface area contributed by atoms with Crippen LogP contribution < -0.4 is 10.5 Å². The molecule has 19 heavy (non-hydrogen) atoms. The number of nitrogens with two attached hydrogens (primary N) is 1. The van der Waals surface area contributed by atoms with Gasteiger partial charge in [-0.25, -0.2) is 9.18 Å². The molecule has 0 radical (unpaired) electrons. The number of halogens is 1. The molecule has 5 nitrogen and oxygen atoms in total. The summed E-state index contributed by atoms with van der Waals surface area (Å²) in [6.07, 6.45) is 2.42. The summed E-state index contributed by atoms with van der Waals surface area (Å²) in [5, 5.41) is 8.75. The van der Waals surface area contributed by atoms with Gasteiger partial charge in [0.1, 0.15) is 18.2 Å². The van der Waals surface area contributed by atoms with E-state index in [9.17, 15) is 9.18 Å². The van der Waals surface area contributed by atoms with Crippen molar-refractivity contribution in [1.29, 1.82) is 0 Å². The van der Waals surface area contributed by atoms with Crippen molar-refractivity contribution < 1.29 is 19.0 Å². The Morgan fingerprint density at radius 1 is 1.58 bits per heavy atom. The number of likely N-dealkylation sites (N-methyl/N-ethyl adjacent to an activating group) is 1. The Morgan fingerprint density at radius 2 is 2.26 bits per heavy atom. The molecule has 1 aromatic rings. The van der Waals surface area contributed by atoms with E-state index in [1.807, 2.05) is 7.05 Å². The first-order valence-electron chi connectivity index (χ1n) is 6.14. The minimum Gasteiger partial charge on any atom is -0.490 e. The Kier molecular flexibility index (Phi) is 3.90. The van der Waals surface area contributed by atoms with E-state index in [0.29, 0.717) is 12.6 Å². The highest BCUT2D eigenvalue weighted by atomic mass is 19.1. The summed E-state index contributed by atoms with van der Waals surface area (Å²) in [4.78, 5) is 12.9. The fourth-order valence-electron chi connectivity index (χ4n) is 1.86. The molecule has 104 valence electrons. The van der Waals surface area contributed by atoms with Gasteiger partial charge in [0.05, 0.1) is 11.3 Å². The van der Waals surface area contributed by atoms with Crippen molar-refractivity contribution >= 4 is 11.7 Å². The lowest BCUT2D eigenvalue weighted by atomic mass is 10.2. The molecule has 0 heterocycles. The van der Waals surface area contributed by atoms with E-state index in [-0.39, 0.29) is 11.4 Å². The first-order chi connectivity index (χ1) is 8.99. The lowest BCUT2D eigenvalue weighted by molar-refractivity contribution is 0.0692. The van der Waals surface area contributed by atoms with Gasteiger partial charge in [-0.15, -0.1) is 0 Å². The predicted octanol–water partition coefficient (Wildman–Crippen LogP) is 1.58. The van der Waals surface area contributed by atoms with E-state index in [1.165, 1.54) is 12.8 Å². The number of carboxylic acid groups (broad SMARTS) is 1. The number of carboxylic acids is 1. The Morgan fingerprint density at radius 3 is 2.84 bits per heavy atom. The predicted molar refractivity (Wildman–Crippen MR) is 68.9 cm³/mol. The van der Waals surface area contributed by atoms with Crippen LogP contribution in [0.25, 0.3) is 0 Å². The number of aromatic carboxylic acids is 1. The van der Waals surface area contributed by atoms with Crippen LogP contribution in [-0.2, 0) is 0 Å². The van der Waals surface area contributed by atoms with Gasteiger partial charge in [0, 0.05) is 18.7 Å². The van der Waals surface area contributed by atoms with Crippen LogP contribution in [0.5, 0.6) is 5.75 Å². The minimum atomic E-state index is -1.34. The van der Waals surface area contributed by atoms with Gasteiger partial charge in [0.15, 0.2) is 0 Å². The summed E-state index contributed by atoms with van der Waals surface area (Å²) < 4.78 is 18.9. The van der Waals surface area contributed by atoms with Gasteiger partial charge >= 0.3 is 5.97 Å². The van der Waals surface area contributed by atoms with Gasteiger partial charge in [0.25, 0.3) is 0 Å². The Balaban J connectivity index is 1.96. The molecule has 2 rings (SSSR count). The topological polar surface area (TPSA) is 75.8 Å². The summed E-state index contributed by atoms with van der Waals surface area (Å²) >= 11 is 0. The number of nitrogens with zero attached hydrogens (tertiary/aromatic N) is 1. The minimum absolute atomic E-state index is 0.132. The van der Waals surface area contributed by atoms with Crippen LogP contribution in [0.3, 0.4) is 0 Å². The van der Waals surface area contributed by atoms with Crippen molar-refractivity contribution in [3.8, 4) is 5.75 Å². The largest absolute Gasteiger partial charge is 0.490 e. The molecule has 0 amide bonds. The lowest BCUT2D eigenvalue weighted by Crippen LogP contribution is -2.26. The van der Waals surface area contributed by atoms with Gasteiger partial charge in [-0.05, 0) is 26.0 Å². The molecule has 3 N–H and O–H groups in total. The molecular formula is C13H17FN2O3. The van der Waals surface area contributed by atoms with Crippen molar-refractivity contribution in [2.75, 3.05) is 25.9 Å². The van der Waals surface area contributed by atoms with Crippen LogP contribution in [0, 0.1) is 5.82 Å². The monoisotopic (exact) mass is 268 g/mol. The number of anilines is 1. The molecular weight excluding hydrogens is 251 g/mol. The molecule has 0 saturated heterocycles. The van der Waals surface area contributed by atoms with E-state index in [4.69, 9.17) is 15.6 Å². The smallest absolute Gasteiger partial charge is 0.338 e. The van der Waals surface area contributed by atoms with Crippen molar-refractivity contribution in [2.45, 2.75) is 18.9 Å². The van der Waals surface area contributed by atoms with Gasteiger partial charge in [0.2, 0.25) is 0 Å². The van der Waals surface area contributed by atoms with E-state index in [2.05, 4.69) is 4.90 Å². The number of hydrogen-bond donors (Lipinski definition) is 2. The number of hydrogen-bond acceptors (Lipinski definition) is 4. The molecule has 0 aromatic heterocycles. The van der Waals surface area contributed by atoms with E-state index in [0.717, 1.165) is 18.7 Å². The highest BCUT2D eigenvalue weighted by Gasteiger charge is 2.25. The first-order valence-corrected chi connectivity index (χ1v) is 6.14. The maximum Gasteiger partial charge on any atom is 0.338 e. The summed E-state index contributed by atoms with van der Waals surface area (Å²) in [6, 6.07) is 2.74. The summed E-state index contributed by atoms with van der Waals surface area (Å²) in [5.41, 5.74) is 5.34. The lowest BCUT2D eigenvalue weighted by Gasteiger charge is -2.16. The molecule has 0 atom stereocenters. The zero-order valence-corrected chi connectivity index (χ0v) is 10.7. The van der Waals surface area contributed by atoms with E-state index in [1.54, 1.807) is 0 Å². The summed E-state index contributed by atoms with van der Waals surface area (Å²) in [7, 11) is 2.01. The zero-order chi connectivity index (χ0) is 14.0. The molecule has 1 saturated carbocycles. The highest BCUT2D eigenvalue weighted by Crippen LogP contribution is 2.27. The second kappa shape index (κ2) is 5.44. The second-order valence-corrected chi connectivity index (χ2v) is 4.74. The number of nitrogen functional groups attached to an aromatic ring is 1. The standard InChI is InChI=1S/C13H17FN2O3/c1-16(8-2-3-8)4-5-19-12-7-10(14)9(13(17)18)6-11(12)15/h6-8H,2-5,15H2,1H3,(H,17,18). The number of ether oxygens (including phenoxy) is 1. The number of rotatable bonds is 6. The van der Waals surface area contributed by atoms with Crippen molar-refractivity contribution in [3.05, 3.63) is 23.5 Å². The molecule has 0 unspecified atom stereocenters. The molecule has 1 aliphatic carbocycles. The summed E-state index contributed by atoms with van der Waals surface area (Å²) in [6.45, 7) is 1.12. The van der Waals surface area contributed by atoms with Gasteiger partial charge in [-0.1, -0.05) is 0 Å². The summed E-state index contributed by atoms with van der Waals surface area (Å²) in [5.74, 6) is -2.00. The average Bonchev–Trinajstić information content (AvgIpc) is 3.16. The fraction of sp³-hybridized carbons (Fsp3) is 0.462. The first kappa shape index (κ1) is 13.6. The number of carbonyl (C=O) groups is 1. The third-order valence-electron chi connectivity index (χ3n) is 3.20. The third kappa shape index (κ3) is 3.35. The quantitative estimate of drug-likeness (QED) is 0.766. The third-order valence-corrected chi connectivity index (χ3v) is 3.20. The zero-order valence-electron chi connectivity index (χ0n) is 10.7. The van der Waals surface area contributed by atoms with Crippen LogP contribution in [-0.4, -0.2) is 42.2 Å². The Bertz CT molecular complexity index is 489. The Labute approximate surface area is 110 Å². The van der Waals surface area contributed by atoms with Crippen LogP contribution in [0.2, 0.25) is 0 Å². The molecule has 1 fully saturated rings. The van der Waals surface area contributed by atoms with Crippen LogP contribution in [0.1, 0.15) is 23.2 Å². The van der Waals surface area contributed by atoms with Crippen LogP contribution >= 0.6 is 0 Å². The molecule has 1 aliphatic rings. The normalized spacial score (nSPS) is 14.7.